The lowest BCUT2D eigenvalue weighted by Gasteiger charge is -2.19. The average molecular weight is 300 g/mol. The van der Waals surface area contributed by atoms with E-state index >= 15 is 0 Å². The molecule has 122 valence electrons. The Morgan fingerprint density at radius 3 is 2.71 bits per heavy atom. The van der Waals surface area contributed by atoms with Crippen LogP contribution in [0.2, 0.25) is 0 Å². The highest BCUT2D eigenvalue weighted by atomic mass is 16.5. The zero-order chi connectivity index (χ0) is 15.7. The van der Waals surface area contributed by atoms with Crippen molar-refractivity contribution < 1.29 is 19.1 Å². The summed E-state index contributed by atoms with van der Waals surface area (Å²) >= 11 is 0. The molecule has 1 saturated heterocycles. The molecule has 3 atom stereocenters. The van der Waals surface area contributed by atoms with Gasteiger partial charge in [-0.2, -0.15) is 0 Å². The van der Waals surface area contributed by atoms with Gasteiger partial charge in [0.2, 0.25) is 11.8 Å². The quantitative estimate of drug-likeness (QED) is 0.623. The van der Waals surface area contributed by atoms with Crippen LogP contribution in [0.25, 0.3) is 0 Å². The van der Waals surface area contributed by atoms with E-state index in [0.29, 0.717) is 19.6 Å². The third-order valence-electron chi connectivity index (χ3n) is 3.57. The van der Waals surface area contributed by atoms with Gasteiger partial charge in [0, 0.05) is 27.0 Å². The third-order valence-corrected chi connectivity index (χ3v) is 3.57. The molecule has 0 aliphatic carbocycles. The van der Waals surface area contributed by atoms with E-state index in [-0.39, 0.29) is 30.1 Å². The van der Waals surface area contributed by atoms with Crippen molar-refractivity contribution in [3.63, 3.8) is 0 Å². The number of unbranched alkanes of at least 4 members (excludes halogenated alkanes) is 2. The number of hydrogen-bond acceptors (Lipinski definition) is 4. The number of hydrogen-bond donors (Lipinski definition) is 2. The molecule has 1 heterocycles. The SMILES string of the molecule is COC[C@H]1O[C@@H](C)C[C@@H]1NC(=O)CCCCCNC(C)=O. The van der Waals surface area contributed by atoms with Crippen LogP contribution < -0.4 is 10.6 Å². The van der Waals surface area contributed by atoms with Crippen molar-refractivity contribution in [2.75, 3.05) is 20.3 Å². The standard InChI is InChI=1S/C15H28N2O4/c1-11-9-13(14(21-11)10-20-3)17-15(19)7-5-4-6-8-16-12(2)18/h11,13-14H,4-10H2,1-3H3,(H,16,18)(H,17,19)/t11-,13-,14+/m0/s1. The van der Waals surface area contributed by atoms with Gasteiger partial charge in [-0.25, -0.2) is 0 Å². The van der Waals surface area contributed by atoms with E-state index in [9.17, 15) is 9.59 Å². The zero-order valence-corrected chi connectivity index (χ0v) is 13.3. The smallest absolute Gasteiger partial charge is 0.220 e. The molecule has 1 rings (SSSR count). The monoisotopic (exact) mass is 300 g/mol. The second kappa shape index (κ2) is 9.73. The third kappa shape index (κ3) is 7.43. The fraction of sp³-hybridized carbons (Fsp3) is 0.867. The van der Waals surface area contributed by atoms with Crippen LogP contribution in [0.15, 0.2) is 0 Å². The van der Waals surface area contributed by atoms with Crippen LogP contribution in [0.1, 0.15) is 46.0 Å². The van der Waals surface area contributed by atoms with Crippen LogP contribution in [0, 0.1) is 0 Å². The summed E-state index contributed by atoms with van der Waals surface area (Å²) in [5.41, 5.74) is 0. The van der Waals surface area contributed by atoms with Crippen molar-refractivity contribution in [2.24, 2.45) is 0 Å². The first kappa shape index (κ1) is 17.9. The minimum atomic E-state index is -0.0475. The normalized spacial score (nSPS) is 24.8. The number of methoxy groups -OCH3 is 1. The van der Waals surface area contributed by atoms with E-state index in [2.05, 4.69) is 10.6 Å². The van der Waals surface area contributed by atoms with Gasteiger partial charge < -0.3 is 20.1 Å². The number of carbonyl (C=O) groups excluding carboxylic acids is 2. The largest absolute Gasteiger partial charge is 0.382 e. The molecule has 2 N–H and O–H groups in total. The topological polar surface area (TPSA) is 76.7 Å². The maximum Gasteiger partial charge on any atom is 0.220 e. The Kier molecular flexibility index (Phi) is 8.30. The molecule has 0 bridgehead atoms. The molecule has 6 nitrogen and oxygen atoms in total. The molecule has 1 aliphatic rings. The first-order chi connectivity index (χ1) is 10.0. The van der Waals surface area contributed by atoms with Crippen LogP contribution in [-0.4, -0.2) is 50.3 Å². The zero-order valence-electron chi connectivity index (χ0n) is 13.3. The average Bonchev–Trinajstić information content (AvgIpc) is 2.74. The van der Waals surface area contributed by atoms with Crippen molar-refractivity contribution in [3.8, 4) is 0 Å². The molecule has 1 aliphatic heterocycles. The van der Waals surface area contributed by atoms with Gasteiger partial charge in [-0.15, -0.1) is 0 Å². The van der Waals surface area contributed by atoms with Gasteiger partial charge in [0.05, 0.1) is 18.8 Å². The van der Waals surface area contributed by atoms with Gasteiger partial charge in [-0.3, -0.25) is 9.59 Å². The van der Waals surface area contributed by atoms with Crippen molar-refractivity contribution in [1.29, 1.82) is 0 Å². The highest BCUT2D eigenvalue weighted by molar-refractivity contribution is 5.76. The Bertz CT molecular complexity index is 336. The molecule has 0 radical (unpaired) electrons. The Morgan fingerprint density at radius 2 is 2.05 bits per heavy atom. The number of amides is 2. The number of nitrogens with one attached hydrogen (secondary N) is 2. The second-order valence-electron chi connectivity index (χ2n) is 5.64. The van der Waals surface area contributed by atoms with Crippen LogP contribution in [0.3, 0.4) is 0 Å². The second-order valence-corrected chi connectivity index (χ2v) is 5.64. The van der Waals surface area contributed by atoms with Gasteiger partial charge >= 0.3 is 0 Å². The van der Waals surface area contributed by atoms with Gasteiger partial charge in [-0.05, 0) is 26.2 Å². The molecule has 0 saturated carbocycles. The van der Waals surface area contributed by atoms with Crippen molar-refractivity contribution >= 4 is 11.8 Å². The Balaban J connectivity index is 2.13. The fourth-order valence-corrected chi connectivity index (χ4v) is 2.56. The highest BCUT2D eigenvalue weighted by Gasteiger charge is 2.33. The Labute approximate surface area is 126 Å². The molecule has 0 aromatic rings. The molecule has 0 aromatic carbocycles. The van der Waals surface area contributed by atoms with Crippen molar-refractivity contribution in [3.05, 3.63) is 0 Å². The van der Waals surface area contributed by atoms with E-state index in [1.165, 1.54) is 6.92 Å². The van der Waals surface area contributed by atoms with Crippen LogP contribution in [0.5, 0.6) is 0 Å². The molecule has 2 amide bonds. The van der Waals surface area contributed by atoms with Crippen molar-refractivity contribution in [1.82, 2.24) is 10.6 Å². The summed E-state index contributed by atoms with van der Waals surface area (Å²) in [7, 11) is 1.64. The molecule has 0 unspecified atom stereocenters. The summed E-state index contributed by atoms with van der Waals surface area (Å²) in [6.07, 6.45) is 4.15. The van der Waals surface area contributed by atoms with Gasteiger partial charge in [0.15, 0.2) is 0 Å². The summed E-state index contributed by atoms with van der Waals surface area (Å²) in [5.74, 6) is 0.0608. The summed E-state index contributed by atoms with van der Waals surface area (Å²) in [6.45, 7) is 4.71. The predicted octanol–water partition coefficient (Wildman–Crippen LogP) is 0.992. The molecule has 6 heteroatoms. The minimum Gasteiger partial charge on any atom is -0.382 e. The minimum absolute atomic E-state index is 0.00715. The first-order valence-electron chi connectivity index (χ1n) is 7.71. The Morgan fingerprint density at radius 1 is 1.29 bits per heavy atom. The Hall–Kier alpha value is -1.14. The van der Waals surface area contributed by atoms with Gasteiger partial charge in [0.25, 0.3) is 0 Å². The molecule has 1 fully saturated rings. The molecule has 21 heavy (non-hydrogen) atoms. The lowest BCUT2D eigenvalue weighted by Crippen LogP contribution is -2.42. The lowest BCUT2D eigenvalue weighted by atomic mass is 10.1. The summed E-state index contributed by atoms with van der Waals surface area (Å²) in [4.78, 5) is 22.6. The van der Waals surface area contributed by atoms with Crippen molar-refractivity contribution in [2.45, 2.75) is 64.2 Å². The summed E-state index contributed by atoms with van der Waals surface area (Å²) in [5, 5.41) is 5.79. The number of rotatable bonds is 9. The van der Waals surface area contributed by atoms with E-state index in [0.717, 1.165) is 25.7 Å². The fourth-order valence-electron chi connectivity index (χ4n) is 2.56. The first-order valence-corrected chi connectivity index (χ1v) is 7.71. The van der Waals surface area contributed by atoms with E-state index in [1.807, 2.05) is 6.92 Å². The summed E-state index contributed by atoms with van der Waals surface area (Å²) < 4.78 is 10.8. The number of carbonyl (C=O) groups is 2. The lowest BCUT2D eigenvalue weighted by molar-refractivity contribution is -0.122. The maximum atomic E-state index is 11.9. The van der Waals surface area contributed by atoms with Gasteiger partial charge in [-0.1, -0.05) is 6.42 Å². The van der Waals surface area contributed by atoms with Gasteiger partial charge in [0.1, 0.15) is 6.10 Å². The number of ether oxygens (including phenoxy) is 2. The maximum absolute atomic E-state index is 11.9. The van der Waals surface area contributed by atoms with E-state index in [1.54, 1.807) is 7.11 Å². The molecular weight excluding hydrogens is 272 g/mol. The van der Waals surface area contributed by atoms with Crippen LogP contribution in [0.4, 0.5) is 0 Å². The molecule has 0 spiro atoms. The highest BCUT2D eigenvalue weighted by Crippen LogP contribution is 2.20. The van der Waals surface area contributed by atoms with E-state index < -0.39 is 0 Å². The van der Waals surface area contributed by atoms with E-state index in [4.69, 9.17) is 9.47 Å². The molecular formula is C15H28N2O4. The summed E-state index contributed by atoms with van der Waals surface area (Å²) in [6, 6.07) is 0.0480. The molecule has 0 aromatic heterocycles. The van der Waals surface area contributed by atoms with Crippen LogP contribution >= 0.6 is 0 Å². The van der Waals surface area contributed by atoms with Crippen LogP contribution in [-0.2, 0) is 19.1 Å². The predicted molar refractivity (Wildman–Crippen MR) is 79.9 cm³/mol.